The van der Waals surface area contributed by atoms with Crippen LogP contribution in [0.3, 0.4) is 0 Å². The van der Waals surface area contributed by atoms with Crippen molar-refractivity contribution in [3.05, 3.63) is 114 Å². The zero-order valence-electron chi connectivity index (χ0n) is 43.1. The fourth-order valence-corrected chi connectivity index (χ4v) is 10.7. The van der Waals surface area contributed by atoms with Gasteiger partial charge in [-0.25, -0.2) is 57.4 Å². The first kappa shape index (κ1) is 51.5. The molecular formula is C54H61ClF4N16. The maximum atomic E-state index is 15.1. The van der Waals surface area contributed by atoms with Crippen molar-refractivity contribution in [3.63, 3.8) is 0 Å². The third kappa shape index (κ3) is 10.6. The molecule has 392 valence electrons. The zero-order chi connectivity index (χ0) is 52.8. The maximum absolute atomic E-state index is 15.1. The number of halogens is 5. The molecule has 75 heavy (non-hydrogen) atoms. The molecular weight excluding hydrogens is 984 g/mol. The Morgan fingerprint density at radius 3 is 1.51 bits per heavy atom. The van der Waals surface area contributed by atoms with Crippen molar-refractivity contribution in [2.45, 2.75) is 78.3 Å². The normalized spacial score (nSPS) is 17.1. The van der Waals surface area contributed by atoms with Crippen molar-refractivity contribution < 1.29 is 17.6 Å². The standard InChI is InChI=1S/C27H30F2N8.C16H13ClF2N4.C11H18N4/c1-4-35-9-11-36(12-10-35)18-5-6-22(30-15-18)32-26-31-16-20(29)24(34-26)17-13-19(28)25-21(14-17)37-23(33-25)7-8-27(37,2)3;1-16(2)4-3-12-21-14-9(18)5-8(6-11(14)23(12)16)13-10(19)7-20-15(17)22-13;1-2-14-5-7-15(8-6-14)10-3-4-11(12)13-9-10/h5-6,13-16H,4,7-12H2,1-3H3,(H,30,31,32,34);5-7H,3-4H2,1-2H3;3-4,9H,2,5-8H2,1H3,(H2,12,13). The number of anilines is 5. The molecule has 0 amide bonds. The quantitative estimate of drug-likeness (QED) is 0.109. The molecule has 4 aliphatic rings. The summed E-state index contributed by atoms with van der Waals surface area (Å²) in [5, 5.41) is 2.97. The van der Waals surface area contributed by atoms with E-state index in [4.69, 9.17) is 17.3 Å². The van der Waals surface area contributed by atoms with Gasteiger partial charge in [0.15, 0.2) is 23.3 Å². The van der Waals surface area contributed by atoms with Gasteiger partial charge in [0.2, 0.25) is 11.2 Å². The second kappa shape index (κ2) is 20.9. The number of likely N-dealkylation sites (N-methyl/N-ethyl adjacent to an activating group) is 2. The van der Waals surface area contributed by atoms with E-state index >= 15 is 4.39 Å². The van der Waals surface area contributed by atoms with Crippen LogP contribution in [0.2, 0.25) is 5.28 Å². The summed E-state index contributed by atoms with van der Waals surface area (Å²) in [6.45, 7) is 23.4. The number of nitrogens with one attached hydrogen (secondary N) is 1. The van der Waals surface area contributed by atoms with E-state index in [-0.39, 0.29) is 33.7 Å². The van der Waals surface area contributed by atoms with E-state index in [0.717, 1.165) is 121 Å². The van der Waals surface area contributed by atoms with E-state index < -0.39 is 23.3 Å². The van der Waals surface area contributed by atoms with Crippen LogP contribution < -0.4 is 20.9 Å². The van der Waals surface area contributed by atoms with Gasteiger partial charge in [0.05, 0.1) is 47.2 Å². The number of aryl methyl sites for hydroxylation is 2. The summed E-state index contributed by atoms with van der Waals surface area (Å²) in [4.78, 5) is 43.0. The molecule has 2 aromatic carbocycles. The average Bonchev–Trinajstić information content (AvgIpc) is 4.18. The highest BCUT2D eigenvalue weighted by molar-refractivity contribution is 6.28. The van der Waals surface area contributed by atoms with Gasteiger partial charge in [-0.2, -0.15) is 0 Å². The topological polar surface area (TPSA) is 164 Å². The summed E-state index contributed by atoms with van der Waals surface area (Å²) in [6, 6.07) is 13.8. The Hall–Kier alpha value is -7.03. The first-order valence-corrected chi connectivity index (χ1v) is 25.9. The smallest absolute Gasteiger partial charge is 0.229 e. The molecule has 0 atom stereocenters. The summed E-state index contributed by atoms with van der Waals surface area (Å²) in [6.07, 6.45) is 9.20. The van der Waals surface area contributed by atoms with E-state index in [9.17, 15) is 13.2 Å². The molecule has 10 heterocycles. The summed E-state index contributed by atoms with van der Waals surface area (Å²) < 4.78 is 62.5. The molecule has 16 nitrogen and oxygen atoms in total. The van der Waals surface area contributed by atoms with Crippen LogP contribution in [0.5, 0.6) is 0 Å². The highest BCUT2D eigenvalue weighted by Gasteiger charge is 2.35. The van der Waals surface area contributed by atoms with E-state index in [1.807, 2.05) is 41.2 Å². The van der Waals surface area contributed by atoms with Crippen LogP contribution in [-0.4, -0.2) is 124 Å². The van der Waals surface area contributed by atoms with Crippen LogP contribution >= 0.6 is 11.6 Å². The molecule has 12 rings (SSSR count). The number of aromatic nitrogens is 10. The summed E-state index contributed by atoms with van der Waals surface area (Å²) in [5.74, 6) is 0.765. The second-order valence-electron chi connectivity index (χ2n) is 20.5. The molecule has 2 saturated heterocycles. The number of fused-ring (bicyclic) bond motifs is 6. The Bertz CT molecular complexity index is 3350. The Kier molecular flexibility index (Phi) is 14.4. The number of rotatable bonds is 8. The lowest BCUT2D eigenvalue weighted by Gasteiger charge is -2.35. The van der Waals surface area contributed by atoms with Crippen LogP contribution in [-0.2, 0) is 23.9 Å². The number of hydrogen-bond acceptors (Lipinski definition) is 14. The van der Waals surface area contributed by atoms with Crippen LogP contribution in [0.1, 0.15) is 66.0 Å². The van der Waals surface area contributed by atoms with Crippen LogP contribution in [0, 0.1) is 23.3 Å². The Labute approximate surface area is 438 Å². The summed E-state index contributed by atoms with van der Waals surface area (Å²) in [7, 11) is 0. The molecule has 21 heteroatoms. The van der Waals surface area contributed by atoms with Crippen molar-refractivity contribution in [3.8, 4) is 22.5 Å². The molecule has 0 aliphatic carbocycles. The highest BCUT2D eigenvalue weighted by Crippen LogP contribution is 2.40. The molecule has 6 aromatic heterocycles. The minimum atomic E-state index is -0.645. The lowest BCUT2D eigenvalue weighted by Crippen LogP contribution is -2.46. The van der Waals surface area contributed by atoms with Gasteiger partial charge in [-0.15, -0.1) is 0 Å². The third-order valence-corrected chi connectivity index (χ3v) is 15.0. The van der Waals surface area contributed by atoms with Gasteiger partial charge in [0.25, 0.3) is 0 Å². The molecule has 0 spiro atoms. The van der Waals surface area contributed by atoms with Crippen molar-refractivity contribution in [2.24, 2.45) is 0 Å². The van der Waals surface area contributed by atoms with Gasteiger partial charge >= 0.3 is 0 Å². The fourth-order valence-electron chi connectivity index (χ4n) is 10.6. The molecule has 0 radical (unpaired) electrons. The molecule has 0 unspecified atom stereocenters. The molecule has 0 saturated carbocycles. The second-order valence-corrected chi connectivity index (χ2v) is 20.9. The van der Waals surface area contributed by atoms with Crippen LogP contribution in [0.15, 0.2) is 73.3 Å². The number of pyridine rings is 2. The Morgan fingerprint density at radius 1 is 0.560 bits per heavy atom. The van der Waals surface area contributed by atoms with Gasteiger partial charge in [-0.05, 0) is 114 Å². The number of benzene rings is 2. The molecule has 3 N–H and O–H groups in total. The molecule has 4 aliphatic heterocycles. The number of nitrogen functional groups attached to an aromatic ring is 1. The monoisotopic (exact) mass is 1040 g/mol. The van der Waals surface area contributed by atoms with Crippen molar-refractivity contribution >= 4 is 62.6 Å². The number of hydrogen-bond donors (Lipinski definition) is 2. The van der Waals surface area contributed by atoms with Crippen molar-refractivity contribution in [2.75, 3.05) is 86.3 Å². The SMILES string of the molecule is CC1(C)CCc2nc3c(F)cc(-c4nc(Cl)ncc4F)cc3n21.CCN1CCN(c2ccc(N)nc2)CC1.CCN1CCN(c2ccc(Nc3ncc(F)c(-c4cc(F)c5nc6n(c5c4)C(C)(C)CC6)n3)nc2)CC1. The van der Waals surface area contributed by atoms with E-state index in [1.165, 1.54) is 17.8 Å². The Morgan fingerprint density at radius 2 is 1.04 bits per heavy atom. The zero-order valence-corrected chi connectivity index (χ0v) is 43.8. The van der Waals surface area contributed by atoms with Crippen molar-refractivity contribution in [1.29, 1.82) is 0 Å². The highest BCUT2D eigenvalue weighted by atomic mass is 35.5. The number of piperazine rings is 2. The molecule has 8 aromatic rings. The summed E-state index contributed by atoms with van der Waals surface area (Å²) in [5.41, 5.74) is 10.0. The minimum Gasteiger partial charge on any atom is -0.384 e. The molecule has 0 bridgehead atoms. The number of nitrogens with zero attached hydrogens (tertiary/aromatic N) is 14. The average molecular weight is 1050 g/mol. The first-order chi connectivity index (χ1) is 36.0. The Balaban J connectivity index is 0.000000143. The van der Waals surface area contributed by atoms with E-state index in [0.29, 0.717) is 44.8 Å². The predicted molar refractivity (Wildman–Crippen MR) is 286 cm³/mol. The van der Waals surface area contributed by atoms with Gasteiger partial charge in [-0.3, -0.25) is 0 Å². The van der Waals surface area contributed by atoms with Gasteiger partial charge in [0.1, 0.15) is 45.7 Å². The van der Waals surface area contributed by atoms with Gasteiger partial charge < -0.3 is 39.8 Å². The third-order valence-electron chi connectivity index (χ3n) is 14.8. The van der Waals surface area contributed by atoms with E-state index in [2.05, 4.69) is 111 Å². The molecule has 2 fully saturated rings. The van der Waals surface area contributed by atoms with Gasteiger partial charge in [0, 0.05) is 87.4 Å². The fraction of sp³-hybridized carbons (Fsp3) is 0.407. The largest absolute Gasteiger partial charge is 0.384 e. The predicted octanol–water partition coefficient (Wildman–Crippen LogP) is 9.65. The maximum Gasteiger partial charge on any atom is 0.229 e. The lowest BCUT2D eigenvalue weighted by molar-refractivity contribution is 0.271. The van der Waals surface area contributed by atoms with Gasteiger partial charge in [-0.1, -0.05) is 13.8 Å². The van der Waals surface area contributed by atoms with Crippen LogP contribution in [0.25, 0.3) is 44.6 Å². The number of nitrogens with two attached hydrogens (primary N) is 1. The van der Waals surface area contributed by atoms with E-state index in [1.54, 1.807) is 12.1 Å². The lowest BCUT2D eigenvalue weighted by atomic mass is 10.0. The van der Waals surface area contributed by atoms with Crippen molar-refractivity contribution in [1.82, 2.24) is 58.8 Å². The first-order valence-electron chi connectivity index (χ1n) is 25.5. The minimum absolute atomic E-state index is 0.0165. The summed E-state index contributed by atoms with van der Waals surface area (Å²) >= 11 is 5.74. The number of imidazole rings is 2. The van der Waals surface area contributed by atoms with Crippen LogP contribution in [0.4, 0.5) is 46.5 Å².